The zero-order valence-corrected chi connectivity index (χ0v) is 25.3. The Morgan fingerprint density at radius 3 is 1.95 bits per heavy atom. The van der Waals surface area contributed by atoms with Crippen LogP contribution in [0.3, 0.4) is 0 Å². The Morgan fingerprint density at radius 1 is 0.860 bits per heavy atom. The second-order valence-corrected chi connectivity index (χ2v) is 12.8. The first-order valence-corrected chi connectivity index (χ1v) is 15.4. The molecule has 6 nitrogen and oxygen atoms in total. The zero-order chi connectivity index (χ0) is 30.8. The Balaban J connectivity index is 1.39. The molecule has 0 aliphatic carbocycles. The summed E-state index contributed by atoms with van der Waals surface area (Å²) >= 11 is 0. The number of hydrogen-bond acceptors (Lipinski definition) is 4. The fourth-order valence-electron chi connectivity index (χ4n) is 8.16. The third-order valence-corrected chi connectivity index (χ3v) is 10.8. The van der Waals surface area contributed by atoms with E-state index >= 15 is 0 Å². The van der Waals surface area contributed by atoms with Gasteiger partial charge in [0.1, 0.15) is 5.82 Å². The molecule has 0 radical (unpaired) electrons. The molecule has 5 rings (SSSR count). The van der Waals surface area contributed by atoms with Gasteiger partial charge in [-0.15, -0.1) is 0 Å². The summed E-state index contributed by atoms with van der Waals surface area (Å²) in [5.74, 6) is -3.57. The Morgan fingerprint density at radius 2 is 1.44 bits per heavy atom. The van der Waals surface area contributed by atoms with E-state index in [1.165, 1.54) is 29.3 Å². The van der Waals surface area contributed by atoms with Gasteiger partial charge in [0.15, 0.2) is 0 Å². The van der Waals surface area contributed by atoms with Gasteiger partial charge in [-0.1, -0.05) is 72.8 Å². The minimum atomic E-state index is -1.46. The Hall–Kier alpha value is -3.55. The van der Waals surface area contributed by atoms with Crippen LogP contribution in [0.15, 0.2) is 84.9 Å². The molecule has 2 heterocycles. The van der Waals surface area contributed by atoms with Crippen molar-refractivity contribution < 1.29 is 24.2 Å². The Kier molecular flexibility index (Phi) is 8.77. The number of nitrogens with one attached hydrogen (secondary N) is 1. The standard InChI is InChI=1S/C36H43FN2O4/c1-25-34(3,32(40)41)31(27-12-10-17-30(37)24-27)36(33(42)43,26(2)38-25)18-11-21-39-22-19-35(20-23-39,28-13-6-4-7-14-28)29-15-8-5-9-16-29/h4-10,12-17,24-26,31,38H,11,18-23H2,1-3H3,(H,40,41)(H,42,43)/t25-,26?,31?,34?,36?/m1/s1. The molecule has 2 saturated heterocycles. The SMILES string of the molecule is CC1N[C@H](C)C(C)(C(=O)O)C(c2cccc(F)c2)C1(CCCN1CCC(c2ccccc2)(c2ccccc2)CC1)C(=O)O. The Labute approximate surface area is 253 Å². The molecule has 228 valence electrons. The molecule has 3 aromatic rings. The number of nitrogens with zero attached hydrogens (tertiary/aromatic N) is 1. The molecule has 2 fully saturated rings. The second-order valence-electron chi connectivity index (χ2n) is 12.8. The quantitative estimate of drug-likeness (QED) is 0.272. The summed E-state index contributed by atoms with van der Waals surface area (Å²) < 4.78 is 14.5. The van der Waals surface area contributed by atoms with Gasteiger partial charge in [-0.05, 0) is 94.9 Å². The van der Waals surface area contributed by atoms with Gasteiger partial charge in [-0.3, -0.25) is 9.59 Å². The molecule has 0 amide bonds. The highest BCUT2D eigenvalue weighted by Gasteiger charge is 2.64. The summed E-state index contributed by atoms with van der Waals surface area (Å²) in [5, 5.41) is 24.7. The number of rotatable bonds is 9. The van der Waals surface area contributed by atoms with Crippen LogP contribution in [0.1, 0.15) is 69.1 Å². The molecule has 43 heavy (non-hydrogen) atoms. The molecule has 7 heteroatoms. The predicted molar refractivity (Wildman–Crippen MR) is 166 cm³/mol. The van der Waals surface area contributed by atoms with Gasteiger partial charge >= 0.3 is 11.9 Å². The van der Waals surface area contributed by atoms with Crippen molar-refractivity contribution in [2.75, 3.05) is 19.6 Å². The highest BCUT2D eigenvalue weighted by atomic mass is 19.1. The van der Waals surface area contributed by atoms with Crippen molar-refractivity contribution in [1.82, 2.24) is 10.2 Å². The van der Waals surface area contributed by atoms with E-state index in [4.69, 9.17) is 0 Å². The third-order valence-electron chi connectivity index (χ3n) is 10.8. The van der Waals surface area contributed by atoms with E-state index in [1.54, 1.807) is 19.9 Å². The maximum Gasteiger partial charge on any atom is 0.311 e. The van der Waals surface area contributed by atoms with E-state index < -0.39 is 46.6 Å². The normalized spacial score (nSPS) is 29.2. The summed E-state index contributed by atoms with van der Waals surface area (Å²) in [6, 6.07) is 26.1. The maximum atomic E-state index is 14.5. The minimum Gasteiger partial charge on any atom is -0.481 e. The van der Waals surface area contributed by atoms with Gasteiger partial charge < -0.3 is 20.4 Å². The molecule has 3 aromatic carbocycles. The van der Waals surface area contributed by atoms with Gasteiger partial charge in [0, 0.05) is 23.4 Å². The lowest BCUT2D eigenvalue weighted by molar-refractivity contribution is -0.171. The number of piperidine rings is 2. The van der Waals surface area contributed by atoms with E-state index in [0.29, 0.717) is 18.5 Å². The molecular formula is C36H43FN2O4. The minimum absolute atomic E-state index is 0.0783. The van der Waals surface area contributed by atoms with E-state index in [9.17, 15) is 24.2 Å². The number of likely N-dealkylation sites (tertiary alicyclic amines) is 1. The molecule has 2 aliphatic rings. The van der Waals surface area contributed by atoms with Crippen LogP contribution in [0, 0.1) is 16.6 Å². The predicted octanol–water partition coefficient (Wildman–Crippen LogP) is 6.31. The smallest absolute Gasteiger partial charge is 0.311 e. The zero-order valence-electron chi connectivity index (χ0n) is 25.3. The summed E-state index contributed by atoms with van der Waals surface area (Å²) in [7, 11) is 0. The maximum absolute atomic E-state index is 14.5. The highest BCUT2D eigenvalue weighted by Crippen LogP contribution is 2.57. The van der Waals surface area contributed by atoms with Crippen molar-refractivity contribution in [2.45, 2.75) is 69.9 Å². The van der Waals surface area contributed by atoms with Crippen LogP contribution >= 0.6 is 0 Å². The summed E-state index contributed by atoms with van der Waals surface area (Å²) in [6.07, 6.45) is 2.75. The van der Waals surface area contributed by atoms with Crippen LogP contribution < -0.4 is 5.32 Å². The van der Waals surface area contributed by atoms with Crippen molar-refractivity contribution in [3.63, 3.8) is 0 Å². The van der Waals surface area contributed by atoms with Gasteiger partial charge in [0.2, 0.25) is 0 Å². The average Bonchev–Trinajstić information content (AvgIpc) is 3.00. The van der Waals surface area contributed by atoms with Crippen LogP contribution in [-0.2, 0) is 15.0 Å². The first-order valence-electron chi connectivity index (χ1n) is 15.4. The lowest BCUT2D eigenvalue weighted by Gasteiger charge is -2.56. The van der Waals surface area contributed by atoms with Crippen LogP contribution in [0.5, 0.6) is 0 Å². The average molecular weight is 587 g/mol. The van der Waals surface area contributed by atoms with Crippen molar-refractivity contribution in [3.8, 4) is 0 Å². The number of aliphatic carboxylic acids is 2. The van der Waals surface area contributed by atoms with Crippen LogP contribution in [0.4, 0.5) is 4.39 Å². The molecule has 0 spiro atoms. The fraction of sp³-hybridized carbons (Fsp3) is 0.444. The van der Waals surface area contributed by atoms with Crippen LogP contribution in [0.25, 0.3) is 0 Å². The van der Waals surface area contributed by atoms with Crippen LogP contribution in [-0.4, -0.2) is 58.8 Å². The van der Waals surface area contributed by atoms with Gasteiger partial charge in [0.25, 0.3) is 0 Å². The monoisotopic (exact) mass is 586 g/mol. The number of halogens is 1. The summed E-state index contributed by atoms with van der Waals surface area (Å²) in [4.78, 5) is 28.6. The number of benzene rings is 3. The number of hydrogen-bond donors (Lipinski definition) is 3. The van der Waals surface area contributed by atoms with Gasteiger partial charge in [0.05, 0.1) is 10.8 Å². The number of carbonyl (C=O) groups is 2. The fourth-order valence-corrected chi connectivity index (χ4v) is 8.16. The molecular weight excluding hydrogens is 543 g/mol. The largest absolute Gasteiger partial charge is 0.481 e. The van der Waals surface area contributed by atoms with Crippen molar-refractivity contribution in [1.29, 1.82) is 0 Å². The lowest BCUT2D eigenvalue weighted by atomic mass is 9.51. The second kappa shape index (κ2) is 12.2. The molecule has 3 N–H and O–H groups in total. The van der Waals surface area contributed by atoms with Gasteiger partial charge in [-0.25, -0.2) is 4.39 Å². The molecule has 0 saturated carbocycles. The van der Waals surface area contributed by atoms with Crippen molar-refractivity contribution >= 4 is 11.9 Å². The number of carboxylic acids is 2. The third kappa shape index (κ3) is 5.38. The topological polar surface area (TPSA) is 89.9 Å². The summed E-state index contributed by atoms with van der Waals surface area (Å²) in [6.45, 7) is 7.65. The summed E-state index contributed by atoms with van der Waals surface area (Å²) in [5.41, 5.74) is 0.0579. The lowest BCUT2D eigenvalue weighted by Crippen LogP contribution is -2.68. The molecule has 0 bridgehead atoms. The molecule has 0 aromatic heterocycles. The first-order chi connectivity index (χ1) is 20.6. The van der Waals surface area contributed by atoms with Crippen molar-refractivity contribution in [3.05, 3.63) is 107 Å². The van der Waals surface area contributed by atoms with Crippen LogP contribution in [0.2, 0.25) is 0 Å². The van der Waals surface area contributed by atoms with E-state index in [1.807, 2.05) is 19.1 Å². The highest BCUT2D eigenvalue weighted by molar-refractivity contribution is 5.83. The molecule has 5 atom stereocenters. The van der Waals surface area contributed by atoms with E-state index in [2.05, 4.69) is 58.7 Å². The number of carboxylic acid groups (broad SMARTS) is 2. The molecule has 2 aliphatic heterocycles. The molecule has 4 unspecified atom stereocenters. The van der Waals surface area contributed by atoms with Crippen molar-refractivity contribution in [2.24, 2.45) is 10.8 Å². The first kappa shape index (κ1) is 30.9. The Bertz CT molecular complexity index is 1380. The van der Waals surface area contributed by atoms with E-state index in [0.717, 1.165) is 25.9 Å². The van der Waals surface area contributed by atoms with Gasteiger partial charge in [-0.2, -0.15) is 0 Å². The van der Waals surface area contributed by atoms with E-state index in [-0.39, 0.29) is 11.8 Å².